The van der Waals surface area contributed by atoms with Gasteiger partial charge in [0.25, 0.3) is 5.91 Å². The third-order valence-corrected chi connectivity index (χ3v) is 6.95. The molecule has 3 heterocycles. The molecule has 2 aliphatic heterocycles. The first-order chi connectivity index (χ1) is 13.4. The van der Waals surface area contributed by atoms with Crippen molar-refractivity contribution in [1.29, 1.82) is 0 Å². The zero-order chi connectivity index (χ0) is 20.1. The molecule has 0 atom stereocenters. The Bertz CT molecular complexity index is 678. The van der Waals surface area contributed by atoms with Crippen LogP contribution in [0.3, 0.4) is 0 Å². The second-order valence-electron chi connectivity index (χ2n) is 7.54. The first-order valence-electron chi connectivity index (χ1n) is 9.82. The first kappa shape index (κ1) is 21.8. The van der Waals surface area contributed by atoms with E-state index >= 15 is 0 Å². The molecule has 1 amide bonds. The molecule has 0 unspecified atom stereocenters. The Morgan fingerprint density at radius 2 is 1.89 bits per heavy atom. The summed E-state index contributed by atoms with van der Waals surface area (Å²) in [6, 6.07) is 1.14. The van der Waals surface area contributed by atoms with Gasteiger partial charge in [0.2, 0.25) is 0 Å². The summed E-state index contributed by atoms with van der Waals surface area (Å²) >= 11 is 7.81. The zero-order valence-corrected chi connectivity index (χ0v) is 18.2. The normalized spacial score (nSPS) is 21.6. The lowest BCUT2D eigenvalue weighted by Crippen LogP contribution is -2.62. The van der Waals surface area contributed by atoms with E-state index in [0.717, 1.165) is 77.5 Å². The Labute approximate surface area is 175 Å². The summed E-state index contributed by atoms with van der Waals surface area (Å²) in [5.41, 5.74) is -0.234. The lowest BCUT2D eigenvalue weighted by Gasteiger charge is -2.46. The van der Waals surface area contributed by atoms with E-state index in [4.69, 9.17) is 11.6 Å². The predicted octanol–water partition coefficient (Wildman–Crippen LogP) is 2.35. The van der Waals surface area contributed by atoms with Crippen molar-refractivity contribution in [3.63, 3.8) is 0 Å². The second kappa shape index (κ2) is 9.71. The van der Waals surface area contributed by atoms with Crippen LogP contribution in [0, 0.1) is 5.82 Å². The van der Waals surface area contributed by atoms with E-state index in [-0.39, 0.29) is 22.2 Å². The monoisotopic (exact) mass is 429 g/mol. The number of rotatable bonds is 6. The van der Waals surface area contributed by atoms with Gasteiger partial charge >= 0.3 is 0 Å². The molecule has 2 fully saturated rings. The van der Waals surface area contributed by atoms with Gasteiger partial charge in [-0.3, -0.25) is 14.0 Å². The number of pyridine rings is 1. The number of hydrogen-bond acceptors (Lipinski definition) is 6. The van der Waals surface area contributed by atoms with E-state index in [9.17, 15) is 9.18 Å². The van der Waals surface area contributed by atoms with Crippen molar-refractivity contribution >= 4 is 29.5 Å². The molecular weight excluding hydrogens is 401 g/mol. The van der Waals surface area contributed by atoms with Crippen LogP contribution in [-0.4, -0.2) is 89.1 Å². The third kappa shape index (κ3) is 5.36. The number of hydrogen-bond donors (Lipinski definition) is 1. The van der Waals surface area contributed by atoms with E-state index in [2.05, 4.69) is 37.6 Å². The fraction of sp³-hybridized carbons (Fsp3) is 0.684. The van der Waals surface area contributed by atoms with Gasteiger partial charge in [0, 0.05) is 45.8 Å². The Balaban J connectivity index is 1.72. The van der Waals surface area contributed by atoms with Crippen LogP contribution in [0.4, 0.5) is 4.39 Å². The summed E-state index contributed by atoms with van der Waals surface area (Å²) < 4.78 is 15.6. The minimum atomic E-state index is -0.543. The molecule has 1 N–H and O–H groups in total. The summed E-state index contributed by atoms with van der Waals surface area (Å²) in [6.45, 7) is 10.0. The summed E-state index contributed by atoms with van der Waals surface area (Å²) in [5.74, 6) is -0.867. The fourth-order valence-electron chi connectivity index (χ4n) is 3.99. The van der Waals surface area contributed by atoms with Gasteiger partial charge in [0.05, 0.1) is 16.8 Å². The number of amides is 1. The van der Waals surface area contributed by atoms with Crippen LogP contribution in [0.2, 0.25) is 5.02 Å². The van der Waals surface area contributed by atoms with E-state index in [1.807, 2.05) is 0 Å². The van der Waals surface area contributed by atoms with Gasteiger partial charge in [0.1, 0.15) is 11.5 Å². The molecule has 1 aromatic heterocycles. The quantitative estimate of drug-likeness (QED) is 0.700. The highest BCUT2D eigenvalue weighted by atomic mass is 35.5. The number of likely N-dealkylation sites (N-methyl/N-ethyl adjacent to an activating group) is 1. The molecule has 0 spiro atoms. The van der Waals surface area contributed by atoms with Gasteiger partial charge in [-0.2, -0.15) is 0 Å². The van der Waals surface area contributed by atoms with Gasteiger partial charge in [-0.05, 0) is 31.7 Å². The average Bonchev–Trinajstić information content (AvgIpc) is 2.69. The number of halogens is 2. The van der Waals surface area contributed by atoms with Gasteiger partial charge in [-0.25, -0.2) is 9.37 Å². The van der Waals surface area contributed by atoms with Crippen molar-refractivity contribution in [1.82, 2.24) is 24.4 Å². The van der Waals surface area contributed by atoms with E-state index < -0.39 is 5.82 Å². The molecule has 1 aromatic rings. The molecule has 2 aliphatic rings. The molecule has 0 saturated carbocycles. The van der Waals surface area contributed by atoms with Crippen molar-refractivity contribution in [2.75, 3.05) is 58.6 Å². The number of nitrogens with zero attached hydrogens (tertiary/aromatic N) is 4. The Kier molecular flexibility index (Phi) is 7.55. The smallest absolute Gasteiger partial charge is 0.271 e. The van der Waals surface area contributed by atoms with Gasteiger partial charge < -0.3 is 10.2 Å². The van der Waals surface area contributed by atoms with Gasteiger partial charge in [-0.1, -0.05) is 30.5 Å². The maximum Gasteiger partial charge on any atom is 0.271 e. The Morgan fingerprint density at radius 1 is 1.25 bits per heavy atom. The summed E-state index contributed by atoms with van der Waals surface area (Å²) in [5, 5.41) is 3.27. The maximum absolute atomic E-state index is 13.3. The second-order valence-corrected chi connectivity index (χ2v) is 8.83. The van der Waals surface area contributed by atoms with Crippen LogP contribution < -0.4 is 5.32 Å². The molecule has 9 heteroatoms. The number of piperazine rings is 1. The van der Waals surface area contributed by atoms with Crippen LogP contribution in [0.5, 0.6) is 0 Å². The Morgan fingerprint density at radius 3 is 2.46 bits per heavy atom. The molecule has 0 radical (unpaired) electrons. The summed E-state index contributed by atoms with van der Waals surface area (Å²) in [7, 11) is 0. The zero-order valence-electron chi connectivity index (χ0n) is 16.6. The largest absolute Gasteiger partial charge is 0.344 e. The Hall–Kier alpha value is -0.930. The van der Waals surface area contributed by atoms with E-state index in [1.165, 1.54) is 0 Å². The fourth-order valence-corrected chi connectivity index (χ4v) is 4.78. The number of nitrogens with one attached hydrogen (secondary N) is 1. The van der Waals surface area contributed by atoms with Crippen LogP contribution >= 0.6 is 23.5 Å². The topological polar surface area (TPSA) is 51.7 Å². The summed E-state index contributed by atoms with van der Waals surface area (Å²) in [4.78, 5) is 21.7. The molecule has 0 aliphatic carbocycles. The summed E-state index contributed by atoms with van der Waals surface area (Å²) in [6.07, 6.45) is 4.85. The standard InChI is InChI=1S/C19H29ClFN5OS/c1-3-24-8-10-25(11-9-24)14-19(4-6-26(28-2)7-5-19)23-18(27)17-16(20)12-15(21)13-22-17/h12-13H,3-11,14H2,1-2H3,(H,23,27). The SMILES string of the molecule is CCN1CCN(CC2(NC(=O)c3ncc(F)cc3Cl)CCN(SC)CC2)CC1. The molecule has 0 bridgehead atoms. The number of aromatic nitrogens is 1. The first-order valence-corrected chi connectivity index (χ1v) is 11.4. The lowest BCUT2D eigenvalue weighted by atomic mass is 9.87. The third-order valence-electron chi connectivity index (χ3n) is 5.78. The van der Waals surface area contributed by atoms with Crippen LogP contribution in [-0.2, 0) is 0 Å². The molecule has 3 rings (SSSR count). The maximum atomic E-state index is 13.3. The minimum Gasteiger partial charge on any atom is -0.344 e. The van der Waals surface area contributed by atoms with Crippen molar-refractivity contribution < 1.29 is 9.18 Å². The van der Waals surface area contributed by atoms with Gasteiger partial charge in [0.15, 0.2) is 0 Å². The number of carbonyl (C=O) groups is 1. The molecule has 28 heavy (non-hydrogen) atoms. The van der Waals surface area contributed by atoms with Crippen LogP contribution in [0.25, 0.3) is 0 Å². The molecular formula is C19H29ClFN5OS. The van der Waals surface area contributed by atoms with Crippen molar-refractivity contribution in [2.24, 2.45) is 0 Å². The van der Waals surface area contributed by atoms with Crippen LogP contribution in [0.1, 0.15) is 30.3 Å². The minimum absolute atomic E-state index is 0.0470. The van der Waals surface area contributed by atoms with E-state index in [1.54, 1.807) is 11.9 Å². The molecule has 2 saturated heterocycles. The lowest BCUT2D eigenvalue weighted by molar-refractivity contribution is 0.0664. The molecule has 0 aromatic carbocycles. The van der Waals surface area contributed by atoms with Crippen molar-refractivity contribution in [3.05, 3.63) is 28.8 Å². The highest BCUT2D eigenvalue weighted by Gasteiger charge is 2.38. The molecule has 6 nitrogen and oxygen atoms in total. The molecule has 156 valence electrons. The number of carbonyl (C=O) groups excluding carboxylic acids is 1. The number of piperidine rings is 1. The van der Waals surface area contributed by atoms with Crippen LogP contribution in [0.15, 0.2) is 12.3 Å². The highest BCUT2D eigenvalue weighted by Crippen LogP contribution is 2.28. The van der Waals surface area contributed by atoms with Crippen molar-refractivity contribution in [2.45, 2.75) is 25.3 Å². The highest BCUT2D eigenvalue weighted by molar-refractivity contribution is 7.96. The van der Waals surface area contributed by atoms with Gasteiger partial charge in [-0.15, -0.1) is 0 Å². The predicted molar refractivity (Wildman–Crippen MR) is 112 cm³/mol. The van der Waals surface area contributed by atoms with E-state index in [0.29, 0.717) is 0 Å². The van der Waals surface area contributed by atoms with Crippen molar-refractivity contribution in [3.8, 4) is 0 Å². The average molecular weight is 430 g/mol.